The topological polar surface area (TPSA) is 86.0 Å². The van der Waals surface area contributed by atoms with Gasteiger partial charge in [-0.3, -0.25) is 14.2 Å². The van der Waals surface area contributed by atoms with Gasteiger partial charge in [0.15, 0.2) is 0 Å². The van der Waals surface area contributed by atoms with Crippen molar-refractivity contribution in [3.8, 4) is 5.69 Å². The lowest BCUT2D eigenvalue weighted by atomic mass is 10.2. The van der Waals surface area contributed by atoms with Crippen molar-refractivity contribution in [3.63, 3.8) is 0 Å². The molecule has 1 aromatic heterocycles. The van der Waals surface area contributed by atoms with Gasteiger partial charge >= 0.3 is 5.69 Å². The van der Waals surface area contributed by atoms with E-state index in [1.54, 1.807) is 25.1 Å². The summed E-state index contributed by atoms with van der Waals surface area (Å²) in [4.78, 5) is 37.3. The minimum atomic E-state index is -0.674. The van der Waals surface area contributed by atoms with Gasteiger partial charge in [-0.05, 0) is 44.9 Å². The summed E-state index contributed by atoms with van der Waals surface area (Å²) in [6.45, 7) is 7.50. The zero-order valence-electron chi connectivity index (χ0n) is 14.4. The van der Waals surface area contributed by atoms with Crippen LogP contribution in [-0.4, -0.2) is 26.3 Å². The molecule has 1 heterocycles. The third-order valence-corrected chi connectivity index (χ3v) is 3.83. The van der Waals surface area contributed by atoms with Crippen LogP contribution in [-0.2, 0) is 6.54 Å². The van der Waals surface area contributed by atoms with Crippen molar-refractivity contribution >= 4 is 5.91 Å². The highest BCUT2D eigenvalue weighted by Crippen LogP contribution is 2.06. The molecule has 1 atom stereocenters. The van der Waals surface area contributed by atoms with Crippen LogP contribution in [0.5, 0.6) is 0 Å². The van der Waals surface area contributed by atoms with Crippen molar-refractivity contribution in [1.29, 1.82) is 0 Å². The number of hydrogen-bond acceptors (Lipinski definition) is 4. The van der Waals surface area contributed by atoms with Crippen LogP contribution in [0, 0.1) is 6.92 Å². The van der Waals surface area contributed by atoms with Crippen molar-refractivity contribution in [2.24, 2.45) is 0 Å². The third-order valence-electron chi connectivity index (χ3n) is 3.83. The highest BCUT2D eigenvalue weighted by molar-refractivity contribution is 5.91. The molecule has 7 heteroatoms. The van der Waals surface area contributed by atoms with E-state index in [2.05, 4.69) is 10.4 Å². The first-order chi connectivity index (χ1) is 11.4. The summed E-state index contributed by atoms with van der Waals surface area (Å²) >= 11 is 0. The average Bonchev–Trinajstić information content (AvgIpc) is 2.55. The van der Waals surface area contributed by atoms with Gasteiger partial charge < -0.3 is 5.32 Å². The van der Waals surface area contributed by atoms with Crippen molar-refractivity contribution in [2.75, 3.05) is 0 Å². The largest absolute Gasteiger partial charge is 0.352 e. The lowest BCUT2D eigenvalue weighted by molar-refractivity contribution is 0.0929. The molecule has 1 aromatic carbocycles. The van der Waals surface area contributed by atoms with Crippen LogP contribution in [0.1, 0.15) is 43.2 Å². The number of rotatable bonds is 5. The van der Waals surface area contributed by atoms with Gasteiger partial charge in [0.25, 0.3) is 11.5 Å². The molecule has 0 saturated heterocycles. The lowest BCUT2D eigenvalue weighted by Gasteiger charge is -2.13. The lowest BCUT2D eigenvalue weighted by Crippen LogP contribution is -2.46. The second-order valence-electron chi connectivity index (χ2n) is 5.71. The van der Waals surface area contributed by atoms with Gasteiger partial charge in [0, 0.05) is 12.6 Å². The summed E-state index contributed by atoms with van der Waals surface area (Å²) in [7, 11) is 0. The molecule has 24 heavy (non-hydrogen) atoms. The van der Waals surface area contributed by atoms with E-state index in [0.717, 1.165) is 21.2 Å². The minimum absolute atomic E-state index is 0.0897. The predicted octanol–water partition coefficient (Wildman–Crippen LogP) is 1.25. The molecule has 0 aliphatic rings. The third kappa shape index (κ3) is 3.45. The normalized spacial score (nSPS) is 12.0. The Kier molecular flexibility index (Phi) is 5.33. The SMILES string of the molecule is CC[C@@H](C)NC(=O)c1nn(-c2cccc(C)c2)c(=O)n(CC)c1=O. The number of amides is 1. The number of nitrogens with zero attached hydrogens (tertiary/aromatic N) is 3. The Hall–Kier alpha value is -2.70. The van der Waals surface area contributed by atoms with Crippen LogP contribution in [0.4, 0.5) is 0 Å². The molecule has 1 N–H and O–H groups in total. The molecule has 0 aliphatic heterocycles. The first-order valence-corrected chi connectivity index (χ1v) is 8.01. The number of carbonyl (C=O) groups is 1. The molecule has 0 spiro atoms. The molecular formula is C17H22N4O3. The number of aryl methyl sites for hydroxylation is 1. The molecule has 7 nitrogen and oxygen atoms in total. The van der Waals surface area contributed by atoms with E-state index < -0.39 is 17.2 Å². The molecule has 0 bridgehead atoms. The van der Waals surface area contributed by atoms with Crippen LogP contribution in [0.25, 0.3) is 5.69 Å². The number of carbonyl (C=O) groups excluding carboxylic acids is 1. The zero-order chi connectivity index (χ0) is 17.9. The van der Waals surface area contributed by atoms with Gasteiger partial charge in [0.05, 0.1) is 5.69 Å². The van der Waals surface area contributed by atoms with Crippen LogP contribution in [0.2, 0.25) is 0 Å². The maximum Gasteiger partial charge on any atom is 0.352 e. The maximum absolute atomic E-state index is 12.5. The van der Waals surface area contributed by atoms with E-state index >= 15 is 0 Å². The smallest absolute Gasteiger partial charge is 0.348 e. The Bertz CT molecular complexity index is 867. The first kappa shape index (κ1) is 17.7. The number of aromatic nitrogens is 3. The zero-order valence-corrected chi connectivity index (χ0v) is 14.4. The highest BCUT2D eigenvalue weighted by Gasteiger charge is 2.20. The quantitative estimate of drug-likeness (QED) is 0.894. The predicted molar refractivity (Wildman–Crippen MR) is 91.7 cm³/mol. The standard InChI is InChI=1S/C17H22N4O3/c1-5-12(4)18-15(22)14-16(23)20(6-2)17(24)21(19-14)13-9-7-8-11(3)10-13/h7-10,12H,5-6H2,1-4H3,(H,18,22)/t12-/m1/s1. The Labute approximate surface area is 139 Å². The second kappa shape index (κ2) is 7.25. The van der Waals surface area contributed by atoms with Crippen LogP contribution in [0.15, 0.2) is 33.9 Å². The molecule has 2 rings (SSSR count). The van der Waals surface area contributed by atoms with Gasteiger partial charge in [-0.2, -0.15) is 9.78 Å². The second-order valence-corrected chi connectivity index (χ2v) is 5.71. The fraction of sp³-hybridized carbons (Fsp3) is 0.412. The molecule has 0 unspecified atom stereocenters. The van der Waals surface area contributed by atoms with Gasteiger partial charge in [-0.25, -0.2) is 4.79 Å². The fourth-order valence-electron chi connectivity index (χ4n) is 2.26. The molecule has 0 radical (unpaired) electrons. The number of benzene rings is 1. The molecule has 1 amide bonds. The monoisotopic (exact) mass is 330 g/mol. The summed E-state index contributed by atoms with van der Waals surface area (Å²) in [6, 6.07) is 7.07. The molecule has 0 fully saturated rings. The van der Waals surface area contributed by atoms with Crippen LogP contribution in [0.3, 0.4) is 0 Å². The van der Waals surface area contributed by atoms with Crippen molar-refractivity contribution in [3.05, 3.63) is 56.4 Å². The molecule has 0 saturated carbocycles. The van der Waals surface area contributed by atoms with Crippen LogP contribution >= 0.6 is 0 Å². The van der Waals surface area contributed by atoms with Gasteiger partial charge in [0.1, 0.15) is 0 Å². The van der Waals surface area contributed by atoms with Crippen molar-refractivity contribution in [2.45, 2.75) is 46.7 Å². The summed E-state index contributed by atoms with van der Waals surface area (Å²) in [5.74, 6) is -0.571. The fourth-order valence-corrected chi connectivity index (χ4v) is 2.26. The minimum Gasteiger partial charge on any atom is -0.348 e. The summed E-state index contributed by atoms with van der Waals surface area (Å²) < 4.78 is 2.12. The maximum atomic E-state index is 12.5. The first-order valence-electron chi connectivity index (χ1n) is 8.01. The molecule has 128 valence electrons. The van der Waals surface area contributed by atoms with Crippen molar-refractivity contribution in [1.82, 2.24) is 19.7 Å². The molecule has 0 aliphatic carbocycles. The Morgan fingerprint density at radius 2 is 2.00 bits per heavy atom. The number of nitrogens with one attached hydrogen (secondary N) is 1. The van der Waals surface area contributed by atoms with E-state index in [-0.39, 0.29) is 18.3 Å². The molecular weight excluding hydrogens is 308 g/mol. The summed E-state index contributed by atoms with van der Waals surface area (Å²) in [6.07, 6.45) is 0.727. The van der Waals surface area contributed by atoms with Crippen molar-refractivity contribution < 1.29 is 4.79 Å². The van der Waals surface area contributed by atoms with Gasteiger partial charge in [-0.15, -0.1) is 0 Å². The van der Waals surface area contributed by atoms with E-state index in [1.807, 2.05) is 26.8 Å². The highest BCUT2D eigenvalue weighted by atomic mass is 16.2. The summed E-state index contributed by atoms with van der Waals surface area (Å²) in [5.41, 5.74) is -0.0560. The van der Waals surface area contributed by atoms with E-state index in [1.165, 1.54) is 0 Å². The Balaban J connectivity index is 2.65. The van der Waals surface area contributed by atoms with E-state index in [9.17, 15) is 14.4 Å². The van der Waals surface area contributed by atoms with E-state index in [0.29, 0.717) is 5.69 Å². The van der Waals surface area contributed by atoms with Gasteiger partial charge in [-0.1, -0.05) is 19.1 Å². The summed E-state index contributed by atoms with van der Waals surface area (Å²) in [5, 5.41) is 6.76. The number of hydrogen-bond donors (Lipinski definition) is 1. The molecule has 2 aromatic rings. The van der Waals surface area contributed by atoms with E-state index in [4.69, 9.17) is 0 Å². The Morgan fingerprint density at radius 3 is 2.58 bits per heavy atom. The van der Waals surface area contributed by atoms with Gasteiger partial charge in [0.2, 0.25) is 5.69 Å². The Morgan fingerprint density at radius 1 is 1.29 bits per heavy atom. The van der Waals surface area contributed by atoms with Crippen LogP contribution < -0.4 is 16.6 Å². The average molecular weight is 330 g/mol.